The average molecular weight is 280 g/mol. The number of aryl methyl sites for hydroxylation is 2. The summed E-state index contributed by atoms with van der Waals surface area (Å²) in [5, 5.41) is 8.80. The minimum absolute atomic E-state index is 0.767. The molecule has 19 heavy (non-hydrogen) atoms. The molecule has 2 aromatic heterocycles. The van der Waals surface area contributed by atoms with E-state index in [-0.39, 0.29) is 0 Å². The monoisotopic (exact) mass is 280 g/mol. The van der Waals surface area contributed by atoms with Crippen LogP contribution >= 0.6 is 11.3 Å². The summed E-state index contributed by atoms with van der Waals surface area (Å²) in [5.74, 6) is 0.767. The van der Waals surface area contributed by atoms with Gasteiger partial charge < -0.3 is 10.1 Å². The van der Waals surface area contributed by atoms with Gasteiger partial charge in [-0.05, 0) is 32.1 Å². The number of aromatic nitrogens is 3. The molecule has 0 spiro atoms. The zero-order valence-corrected chi connectivity index (χ0v) is 12.3. The summed E-state index contributed by atoms with van der Waals surface area (Å²) >= 11 is 1.70. The lowest BCUT2D eigenvalue weighted by Gasteiger charge is -2.07. The normalized spacial score (nSPS) is 19.4. The van der Waals surface area contributed by atoms with Gasteiger partial charge in [0.2, 0.25) is 0 Å². The van der Waals surface area contributed by atoms with E-state index in [1.807, 2.05) is 18.7 Å². The van der Waals surface area contributed by atoms with Gasteiger partial charge in [0.05, 0.1) is 10.4 Å². The molecule has 0 aromatic carbocycles. The zero-order valence-electron chi connectivity index (χ0n) is 11.5. The fraction of sp³-hybridized carbons (Fsp3) is 0.692. The van der Waals surface area contributed by atoms with Gasteiger partial charge in [0, 0.05) is 26.8 Å². The van der Waals surface area contributed by atoms with Crippen LogP contribution in [0.1, 0.15) is 25.0 Å². The molecule has 3 heterocycles. The first-order valence-electron chi connectivity index (χ1n) is 6.86. The number of fused-ring (bicyclic) bond motifs is 1. The quantitative estimate of drug-likeness (QED) is 0.855. The molecular formula is C13H20N4OS. The summed E-state index contributed by atoms with van der Waals surface area (Å²) in [6, 6.07) is 0. The molecule has 0 saturated carbocycles. The maximum Gasteiger partial charge on any atom is 0.185 e. The predicted octanol–water partition coefficient (Wildman–Crippen LogP) is 2.57. The van der Waals surface area contributed by atoms with Crippen molar-refractivity contribution in [1.29, 1.82) is 0 Å². The highest BCUT2D eigenvalue weighted by molar-refractivity contribution is 7.22. The zero-order chi connectivity index (χ0) is 13.2. The van der Waals surface area contributed by atoms with Crippen LogP contribution in [0, 0.1) is 12.8 Å². The fourth-order valence-electron chi connectivity index (χ4n) is 2.56. The SMILES string of the molecule is Cc1nn(C)c2nc(NCCCC3CCOC3)sc12. The first-order valence-corrected chi connectivity index (χ1v) is 7.67. The van der Waals surface area contributed by atoms with Gasteiger partial charge in [-0.25, -0.2) is 9.67 Å². The number of hydrogen-bond acceptors (Lipinski definition) is 5. The highest BCUT2D eigenvalue weighted by Crippen LogP contribution is 2.28. The number of rotatable bonds is 5. The van der Waals surface area contributed by atoms with Crippen LogP contribution in [0.25, 0.3) is 10.3 Å². The Balaban J connectivity index is 1.52. The largest absolute Gasteiger partial charge is 0.381 e. The molecule has 0 bridgehead atoms. The second-order valence-electron chi connectivity index (χ2n) is 5.18. The highest BCUT2D eigenvalue weighted by atomic mass is 32.1. The summed E-state index contributed by atoms with van der Waals surface area (Å²) in [6.07, 6.45) is 3.66. The Morgan fingerprint density at radius 1 is 1.53 bits per heavy atom. The Morgan fingerprint density at radius 2 is 2.42 bits per heavy atom. The number of anilines is 1. The molecule has 104 valence electrons. The molecule has 1 fully saturated rings. The van der Waals surface area contributed by atoms with Crippen molar-refractivity contribution in [2.24, 2.45) is 13.0 Å². The standard InChI is InChI=1S/C13H20N4OS/c1-9-11-12(17(2)16-9)15-13(19-11)14-6-3-4-10-5-7-18-8-10/h10H,3-8H2,1-2H3,(H,14,15). The Labute approximate surface area is 117 Å². The van der Waals surface area contributed by atoms with E-state index in [1.165, 1.54) is 24.0 Å². The van der Waals surface area contributed by atoms with Crippen molar-refractivity contribution >= 4 is 26.8 Å². The molecule has 1 N–H and O–H groups in total. The van der Waals surface area contributed by atoms with Crippen LogP contribution in [0.15, 0.2) is 0 Å². The van der Waals surface area contributed by atoms with E-state index >= 15 is 0 Å². The first-order chi connectivity index (χ1) is 9.24. The third-order valence-electron chi connectivity index (χ3n) is 3.63. The highest BCUT2D eigenvalue weighted by Gasteiger charge is 2.15. The maximum absolute atomic E-state index is 5.39. The van der Waals surface area contributed by atoms with Crippen LogP contribution in [0.2, 0.25) is 0 Å². The average Bonchev–Trinajstić information content (AvgIpc) is 3.07. The molecular weight excluding hydrogens is 260 g/mol. The van der Waals surface area contributed by atoms with E-state index < -0.39 is 0 Å². The molecule has 0 radical (unpaired) electrons. The molecule has 3 rings (SSSR count). The molecule has 1 aliphatic rings. The summed E-state index contributed by atoms with van der Waals surface area (Å²) in [5.41, 5.74) is 2.04. The van der Waals surface area contributed by atoms with Crippen molar-refractivity contribution in [2.45, 2.75) is 26.2 Å². The smallest absolute Gasteiger partial charge is 0.185 e. The van der Waals surface area contributed by atoms with Crippen molar-refractivity contribution < 1.29 is 4.74 Å². The maximum atomic E-state index is 5.39. The van der Waals surface area contributed by atoms with Crippen LogP contribution in [-0.4, -0.2) is 34.5 Å². The Hall–Kier alpha value is -1.14. The van der Waals surface area contributed by atoms with E-state index in [9.17, 15) is 0 Å². The number of thiazole rings is 1. The summed E-state index contributed by atoms with van der Waals surface area (Å²) in [7, 11) is 1.94. The van der Waals surface area contributed by atoms with Crippen LogP contribution in [0.4, 0.5) is 5.13 Å². The molecule has 2 aromatic rings. The predicted molar refractivity (Wildman–Crippen MR) is 77.8 cm³/mol. The van der Waals surface area contributed by atoms with E-state index in [4.69, 9.17) is 4.74 Å². The van der Waals surface area contributed by atoms with Gasteiger partial charge in [-0.2, -0.15) is 5.10 Å². The van der Waals surface area contributed by atoms with Gasteiger partial charge in [0.1, 0.15) is 0 Å². The van der Waals surface area contributed by atoms with Crippen molar-refractivity contribution in [2.75, 3.05) is 25.1 Å². The van der Waals surface area contributed by atoms with Gasteiger partial charge in [0.15, 0.2) is 10.8 Å². The van der Waals surface area contributed by atoms with Crippen molar-refractivity contribution in [3.63, 3.8) is 0 Å². The fourth-order valence-corrected chi connectivity index (χ4v) is 3.51. The number of nitrogens with zero attached hydrogens (tertiary/aromatic N) is 3. The molecule has 6 heteroatoms. The topological polar surface area (TPSA) is 52.0 Å². The van der Waals surface area contributed by atoms with E-state index in [0.29, 0.717) is 0 Å². The minimum Gasteiger partial charge on any atom is -0.381 e. The van der Waals surface area contributed by atoms with Crippen LogP contribution in [-0.2, 0) is 11.8 Å². The molecule has 0 amide bonds. The van der Waals surface area contributed by atoms with Crippen LogP contribution in [0.3, 0.4) is 0 Å². The lowest BCUT2D eigenvalue weighted by molar-refractivity contribution is 0.184. The lowest BCUT2D eigenvalue weighted by atomic mass is 10.0. The van der Waals surface area contributed by atoms with Crippen molar-refractivity contribution in [3.8, 4) is 0 Å². The second kappa shape index (κ2) is 5.46. The molecule has 5 nitrogen and oxygen atoms in total. The summed E-state index contributed by atoms with van der Waals surface area (Å²) < 4.78 is 8.43. The second-order valence-corrected chi connectivity index (χ2v) is 6.18. The summed E-state index contributed by atoms with van der Waals surface area (Å²) in [6.45, 7) is 4.92. The number of hydrogen-bond donors (Lipinski definition) is 1. The van der Waals surface area contributed by atoms with Crippen molar-refractivity contribution in [3.05, 3.63) is 5.69 Å². The lowest BCUT2D eigenvalue weighted by Crippen LogP contribution is -2.06. The Morgan fingerprint density at radius 3 is 3.16 bits per heavy atom. The van der Waals surface area contributed by atoms with Gasteiger partial charge in [-0.15, -0.1) is 0 Å². The number of ether oxygens (including phenoxy) is 1. The van der Waals surface area contributed by atoms with Gasteiger partial charge in [-0.1, -0.05) is 11.3 Å². The van der Waals surface area contributed by atoms with Crippen molar-refractivity contribution in [1.82, 2.24) is 14.8 Å². The molecule has 1 atom stereocenters. The van der Waals surface area contributed by atoms with E-state index in [2.05, 4.69) is 15.4 Å². The Bertz CT molecular complexity index is 522. The van der Waals surface area contributed by atoms with Gasteiger partial charge in [-0.3, -0.25) is 0 Å². The van der Waals surface area contributed by atoms with Gasteiger partial charge in [0.25, 0.3) is 0 Å². The summed E-state index contributed by atoms with van der Waals surface area (Å²) in [4.78, 5) is 4.59. The minimum atomic E-state index is 0.767. The Kier molecular flexibility index (Phi) is 3.70. The van der Waals surface area contributed by atoms with Gasteiger partial charge >= 0.3 is 0 Å². The third-order valence-corrected chi connectivity index (χ3v) is 4.74. The van der Waals surface area contributed by atoms with E-state index in [1.54, 1.807) is 11.3 Å². The molecule has 0 aliphatic carbocycles. The third kappa shape index (κ3) is 2.74. The first kappa shape index (κ1) is 12.9. The molecule has 1 saturated heterocycles. The van der Waals surface area contributed by atoms with Crippen LogP contribution < -0.4 is 5.32 Å². The number of nitrogens with one attached hydrogen (secondary N) is 1. The van der Waals surface area contributed by atoms with E-state index in [0.717, 1.165) is 42.1 Å². The molecule has 1 aliphatic heterocycles. The molecule has 1 unspecified atom stereocenters. The van der Waals surface area contributed by atoms with Crippen LogP contribution in [0.5, 0.6) is 0 Å².